The zero-order valence-electron chi connectivity index (χ0n) is 13.7. The number of urea groups is 1. The third kappa shape index (κ3) is 4.35. The van der Waals surface area contributed by atoms with Gasteiger partial charge in [-0.2, -0.15) is 0 Å². The molecule has 0 unspecified atom stereocenters. The number of carbonyl (C=O) groups excluding carboxylic acids is 2. The zero-order chi connectivity index (χ0) is 17.7. The summed E-state index contributed by atoms with van der Waals surface area (Å²) in [5, 5.41) is 2.74. The van der Waals surface area contributed by atoms with Crippen LogP contribution in [0.4, 0.5) is 10.5 Å². The number of thiol groups is 1. The molecule has 7 nitrogen and oxygen atoms in total. The van der Waals surface area contributed by atoms with E-state index in [2.05, 4.69) is 10.0 Å². The fourth-order valence-corrected chi connectivity index (χ4v) is 2.99. The summed E-state index contributed by atoms with van der Waals surface area (Å²) in [5.74, 6) is -0.213. The van der Waals surface area contributed by atoms with E-state index in [9.17, 15) is 18.0 Å². The van der Waals surface area contributed by atoms with Crippen molar-refractivity contribution in [3.63, 3.8) is 0 Å². The molecule has 0 spiro atoms. The third-order valence-electron chi connectivity index (χ3n) is 3.88. The average Bonchev–Trinajstić information content (AvgIpc) is 2.82. The van der Waals surface area contributed by atoms with Gasteiger partial charge in [0.2, 0.25) is 10.9 Å². The van der Waals surface area contributed by atoms with E-state index in [0.29, 0.717) is 37.2 Å². The predicted octanol–water partition coefficient (Wildman–Crippen LogP) is 1.45. The zero-order valence-corrected chi connectivity index (χ0v) is 14.6. The molecule has 0 fully saturated rings. The number of nitrogens with one attached hydrogen (secondary N) is 2. The van der Waals surface area contributed by atoms with Crippen molar-refractivity contribution >= 4 is 28.5 Å². The summed E-state index contributed by atoms with van der Waals surface area (Å²) < 4.78 is 23.4. The Kier molecular flexibility index (Phi) is 5.97. The molecule has 0 atom stereocenters. The smallest absolute Gasteiger partial charge is 0.324 e. The highest BCUT2D eigenvalue weighted by atomic mass is 32.2. The van der Waals surface area contributed by atoms with Crippen LogP contribution in [0.25, 0.3) is 0 Å². The molecule has 0 bridgehead atoms. The molecule has 1 aromatic carbocycles. The van der Waals surface area contributed by atoms with Gasteiger partial charge in [-0.1, -0.05) is 19.1 Å². The Morgan fingerprint density at radius 3 is 2.46 bits per heavy atom. The minimum atomic E-state index is -2.67. The molecule has 0 aliphatic carbocycles. The van der Waals surface area contributed by atoms with Crippen molar-refractivity contribution in [2.24, 2.45) is 0 Å². The Morgan fingerprint density at radius 1 is 1.25 bits per heavy atom. The van der Waals surface area contributed by atoms with Gasteiger partial charge in [0.15, 0.2) is 0 Å². The van der Waals surface area contributed by atoms with E-state index in [1.807, 2.05) is 13.8 Å². The molecule has 3 amide bonds. The maximum absolute atomic E-state index is 12.1. The number of carbonyl (C=O) groups is 2. The van der Waals surface area contributed by atoms with E-state index in [1.54, 1.807) is 24.3 Å². The fourth-order valence-electron chi connectivity index (χ4n) is 2.63. The summed E-state index contributed by atoms with van der Waals surface area (Å²) in [6, 6.07) is 6.51. The van der Waals surface area contributed by atoms with E-state index >= 15 is 0 Å². The van der Waals surface area contributed by atoms with Crippen LogP contribution in [0.3, 0.4) is 0 Å². The molecule has 1 heterocycles. The minimum Gasteiger partial charge on any atom is -0.337 e. The Balaban J connectivity index is 1.82. The second-order valence-corrected chi connectivity index (χ2v) is 6.29. The maximum atomic E-state index is 12.1. The summed E-state index contributed by atoms with van der Waals surface area (Å²) in [6.07, 6.45) is 1.22. The molecular weight excluding hydrogens is 330 g/mol. The first kappa shape index (κ1) is 18.0. The lowest BCUT2D eigenvalue weighted by Gasteiger charge is -2.16. The van der Waals surface area contributed by atoms with Gasteiger partial charge in [0.05, 0.1) is 6.54 Å². The monoisotopic (exact) mass is 351 g/mol. The number of hydrogen-bond donors (Lipinski definition) is 3. The highest BCUT2D eigenvalue weighted by molar-refractivity contribution is 7.73. The van der Waals surface area contributed by atoms with Crippen LogP contribution in [0.2, 0.25) is 0 Å². The maximum Gasteiger partial charge on any atom is 0.324 e. The first-order valence-electron chi connectivity index (χ1n) is 7.70. The second-order valence-electron chi connectivity index (χ2n) is 5.55. The number of hydrogen-bond acceptors (Lipinski definition) is 4. The van der Waals surface area contributed by atoms with Crippen molar-refractivity contribution in [1.29, 1.82) is 0 Å². The number of amides is 3. The van der Waals surface area contributed by atoms with Crippen LogP contribution >= 0.6 is 0 Å². The Labute approximate surface area is 142 Å². The highest BCUT2D eigenvalue weighted by Crippen LogP contribution is 2.21. The van der Waals surface area contributed by atoms with Crippen LogP contribution in [0.5, 0.6) is 0 Å². The van der Waals surface area contributed by atoms with Crippen molar-refractivity contribution in [2.45, 2.75) is 26.7 Å². The summed E-state index contributed by atoms with van der Waals surface area (Å²) in [7, 11) is -2.67. The lowest BCUT2D eigenvalue weighted by molar-refractivity contribution is -0.123. The quantitative estimate of drug-likeness (QED) is 0.676. The Morgan fingerprint density at radius 2 is 1.92 bits per heavy atom. The van der Waals surface area contributed by atoms with Crippen molar-refractivity contribution in [2.75, 3.05) is 17.8 Å². The third-order valence-corrected chi connectivity index (χ3v) is 4.32. The molecule has 2 rings (SSSR count). The lowest BCUT2D eigenvalue weighted by Crippen LogP contribution is -2.42. The Hall–Kier alpha value is -2.35. The number of rotatable bonds is 6. The van der Waals surface area contributed by atoms with E-state index in [4.69, 9.17) is 0 Å². The van der Waals surface area contributed by atoms with Crippen molar-refractivity contribution < 1.29 is 18.0 Å². The van der Waals surface area contributed by atoms with Gasteiger partial charge in [-0.15, -0.1) is 0 Å². The number of anilines is 1. The topological polar surface area (TPSA) is 95.6 Å². The summed E-state index contributed by atoms with van der Waals surface area (Å²) in [5.41, 5.74) is 3.11. The molecular formula is C16H21N3O4S. The normalized spacial score (nSPS) is 14.5. The molecule has 2 N–H and O–H groups in total. The largest absolute Gasteiger partial charge is 0.337 e. The molecule has 1 aromatic rings. The lowest BCUT2D eigenvalue weighted by atomic mass is 10.1. The average molecular weight is 351 g/mol. The van der Waals surface area contributed by atoms with E-state index in [-0.39, 0.29) is 11.9 Å². The molecule has 0 saturated carbocycles. The summed E-state index contributed by atoms with van der Waals surface area (Å²) in [4.78, 5) is 25.4. The molecule has 1 aliphatic rings. The van der Waals surface area contributed by atoms with Gasteiger partial charge in [0.1, 0.15) is 0 Å². The van der Waals surface area contributed by atoms with Gasteiger partial charge >= 0.3 is 6.03 Å². The summed E-state index contributed by atoms with van der Waals surface area (Å²) in [6.45, 7) is 4.52. The van der Waals surface area contributed by atoms with Gasteiger partial charge in [-0.25, -0.2) is 13.2 Å². The predicted molar refractivity (Wildman–Crippen MR) is 92.2 cm³/mol. The molecule has 0 saturated heterocycles. The summed E-state index contributed by atoms with van der Waals surface area (Å²) >= 11 is 0. The van der Waals surface area contributed by atoms with Crippen LogP contribution in [0.1, 0.15) is 25.8 Å². The molecule has 0 radical (unpaired) electrons. The van der Waals surface area contributed by atoms with Crippen LogP contribution < -0.4 is 10.0 Å². The molecule has 130 valence electrons. The molecule has 1 aliphatic heterocycles. The first-order valence-corrected chi connectivity index (χ1v) is 8.88. The van der Waals surface area contributed by atoms with E-state index in [0.717, 1.165) is 11.1 Å². The minimum absolute atomic E-state index is 0.213. The van der Waals surface area contributed by atoms with E-state index < -0.39 is 10.9 Å². The Bertz CT molecular complexity index is 730. The van der Waals surface area contributed by atoms with Crippen molar-refractivity contribution in [1.82, 2.24) is 10.2 Å². The van der Waals surface area contributed by atoms with Crippen LogP contribution in [-0.2, 0) is 22.1 Å². The molecule has 24 heavy (non-hydrogen) atoms. The van der Waals surface area contributed by atoms with Gasteiger partial charge < -0.3 is 5.32 Å². The standard InChI is InChI=1S/C16H21N3O4S/c1-3-14-11(2)10-19(15(14)20)16(21)17-9-8-12-4-6-13(7-5-12)18-24(22)23/h4-7,24H,3,8-10H2,1-2H3,(H,17,21)(H,18,22,23). The SMILES string of the molecule is CCC1=C(C)CN(C(=O)NCCc2ccc(N[SH](=O)=O)cc2)C1=O. The molecule has 8 heteroatoms. The number of benzene rings is 1. The first-order chi connectivity index (χ1) is 11.4. The molecule has 0 aromatic heterocycles. The van der Waals surface area contributed by atoms with Gasteiger partial charge in [0.25, 0.3) is 5.91 Å². The van der Waals surface area contributed by atoms with Crippen molar-refractivity contribution in [3.8, 4) is 0 Å². The van der Waals surface area contributed by atoms with Crippen LogP contribution in [0, 0.1) is 0 Å². The number of nitrogens with zero attached hydrogens (tertiary/aromatic N) is 1. The van der Waals surface area contributed by atoms with Crippen LogP contribution in [-0.4, -0.2) is 38.3 Å². The highest BCUT2D eigenvalue weighted by Gasteiger charge is 2.31. The second kappa shape index (κ2) is 7.96. The van der Waals surface area contributed by atoms with Gasteiger partial charge in [0, 0.05) is 17.8 Å². The van der Waals surface area contributed by atoms with Crippen molar-refractivity contribution in [3.05, 3.63) is 41.0 Å². The van der Waals surface area contributed by atoms with E-state index in [1.165, 1.54) is 4.90 Å². The van der Waals surface area contributed by atoms with Gasteiger partial charge in [-0.3, -0.25) is 14.4 Å². The number of imide groups is 1. The van der Waals surface area contributed by atoms with Crippen LogP contribution in [0.15, 0.2) is 35.4 Å². The fraction of sp³-hybridized carbons (Fsp3) is 0.375. The van der Waals surface area contributed by atoms with Gasteiger partial charge in [-0.05, 0) is 43.0 Å².